The maximum atomic E-state index is 11.9. The van der Waals surface area contributed by atoms with E-state index in [4.69, 9.17) is 0 Å². The normalized spacial score (nSPS) is 24.5. The van der Waals surface area contributed by atoms with Crippen molar-refractivity contribution in [2.75, 3.05) is 19.6 Å². The molecule has 1 unspecified atom stereocenters. The summed E-state index contributed by atoms with van der Waals surface area (Å²) < 4.78 is 0. The van der Waals surface area contributed by atoms with Gasteiger partial charge in [0.05, 0.1) is 0 Å². The van der Waals surface area contributed by atoms with Crippen molar-refractivity contribution in [2.45, 2.75) is 64.2 Å². The van der Waals surface area contributed by atoms with Crippen LogP contribution in [0, 0.1) is 11.8 Å². The second kappa shape index (κ2) is 10.4. The summed E-state index contributed by atoms with van der Waals surface area (Å²) in [7, 11) is 0. The number of amides is 1. The zero-order valence-electron chi connectivity index (χ0n) is 12.7. The number of hydrogen-bond acceptors (Lipinski definition) is 2. The van der Waals surface area contributed by atoms with Gasteiger partial charge in [0.1, 0.15) is 0 Å². The molecule has 1 saturated heterocycles. The predicted molar refractivity (Wildman–Crippen MR) is 86.3 cm³/mol. The van der Waals surface area contributed by atoms with Crippen molar-refractivity contribution in [3.8, 4) is 0 Å². The highest BCUT2D eigenvalue weighted by Crippen LogP contribution is 2.25. The summed E-state index contributed by atoms with van der Waals surface area (Å²) in [5.41, 5.74) is 0. The van der Waals surface area contributed by atoms with Gasteiger partial charge in [-0.25, -0.2) is 0 Å². The number of hydrogen-bond donors (Lipinski definition) is 2. The van der Waals surface area contributed by atoms with Crippen LogP contribution in [-0.4, -0.2) is 25.5 Å². The first-order chi connectivity index (χ1) is 9.34. The van der Waals surface area contributed by atoms with E-state index in [0.29, 0.717) is 5.92 Å². The minimum absolute atomic E-state index is 0. The summed E-state index contributed by atoms with van der Waals surface area (Å²) in [5, 5.41) is 6.56. The van der Waals surface area contributed by atoms with Crippen molar-refractivity contribution in [3.63, 3.8) is 0 Å². The quantitative estimate of drug-likeness (QED) is 0.765. The second-order valence-corrected chi connectivity index (χ2v) is 6.41. The second-order valence-electron chi connectivity index (χ2n) is 6.41. The molecule has 2 fully saturated rings. The van der Waals surface area contributed by atoms with E-state index in [-0.39, 0.29) is 18.3 Å². The maximum Gasteiger partial charge on any atom is 0.220 e. The molecule has 118 valence electrons. The third-order valence-electron chi connectivity index (χ3n) is 4.72. The van der Waals surface area contributed by atoms with E-state index >= 15 is 0 Å². The summed E-state index contributed by atoms with van der Waals surface area (Å²) in [6.07, 6.45) is 12.4. The van der Waals surface area contributed by atoms with E-state index in [2.05, 4.69) is 10.6 Å². The fourth-order valence-electron chi connectivity index (χ4n) is 3.49. The van der Waals surface area contributed by atoms with E-state index in [0.717, 1.165) is 31.8 Å². The minimum Gasteiger partial charge on any atom is -0.356 e. The summed E-state index contributed by atoms with van der Waals surface area (Å²) in [6, 6.07) is 0. The molecule has 0 aromatic rings. The van der Waals surface area contributed by atoms with E-state index in [1.165, 1.54) is 57.9 Å². The van der Waals surface area contributed by atoms with Crippen molar-refractivity contribution in [3.05, 3.63) is 0 Å². The Hall–Kier alpha value is -0.280. The van der Waals surface area contributed by atoms with Crippen molar-refractivity contribution < 1.29 is 4.79 Å². The largest absolute Gasteiger partial charge is 0.356 e. The van der Waals surface area contributed by atoms with Gasteiger partial charge >= 0.3 is 0 Å². The van der Waals surface area contributed by atoms with E-state index < -0.39 is 0 Å². The third-order valence-corrected chi connectivity index (χ3v) is 4.72. The van der Waals surface area contributed by atoms with Crippen LogP contribution in [0.25, 0.3) is 0 Å². The average molecular weight is 303 g/mol. The zero-order valence-corrected chi connectivity index (χ0v) is 13.5. The highest BCUT2D eigenvalue weighted by molar-refractivity contribution is 5.85. The van der Waals surface area contributed by atoms with Crippen LogP contribution in [0.1, 0.15) is 64.2 Å². The molecule has 1 atom stereocenters. The highest BCUT2D eigenvalue weighted by atomic mass is 35.5. The molecular weight excluding hydrogens is 272 g/mol. The number of carbonyl (C=O) groups excluding carboxylic acids is 1. The summed E-state index contributed by atoms with van der Waals surface area (Å²) in [4.78, 5) is 11.9. The molecule has 1 aliphatic heterocycles. The Kier molecular flexibility index (Phi) is 9.28. The molecule has 1 aliphatic carbocycles. The van der Waals surface area contributed by atoms with Gasteiger partial charge < -0.3 is 10.6 Å². The smallest absolute Gasteiger partial charge is 0.220 e. The number of nitrogens with one attached hydrogen (secondary N) is 2. The summed E-state index contributed by atoms with van der Waals surface area (Å²) >= 11 is 0. The van der Waals surface area contributed by atoms with E-state index in [1.807, 2.05) is 0 Å². The molecule has 2 aliphatic rings. The Morgan fingerprint density at radius 1 is 1.00 bits per heavy atom. The fraction of sp³-hybridized carbons (Fsp3) is 0.938. The summed E-state index contributed by atoms with van der Waals surface area (Å²) in [6.45, 7) is 3.18. The van der Waals surface area contributed by atoms with Crippen molar-refractivity contribution >= 4 is 18.3 Å². The Bertz CT molecular complexity index is 259. The van der Waals surface area contributed by atoms with Crippen LogP contribution in [0.15, 0.2) is 0 Å². The van der Waals surface area contributed by atoms with Crippen LogP contribution in [0.4, 0.5) is 0 Å². The van der Waals surface area contributed by atoms with Crippen LogP contribution < -0.4 is 10.6 Å². The number of piperidine rings is 1. The third kappa shape index (κ3) is 6.94. The molecule has 1 amide bonds. The van der Waals surface area contributed by atoms with Gasteiger partial charge in [0.2, 0.25) is 5.91 Å². The minimum atomic E-state index is 0. The SMILES string of the molecule is Cl.O=C(CC1CCCCCC1)NCCC1CCCNC1. The molecule has 2 N–H and O–H groups in total. The predicted octanol–water partition coefficient (Wildman–Crippen LogP) is 3.27. The fourth-order valence-corrected chi connectivity index (χ4v) is 3.49. The molecule has 20 heavy (non-hydrogen) atoms. The van der Waals surface area contributed by atoms with Gasteiger partial charge in [-0.3, -0.25) is 4.79 Å². The Labute approximate surface area is 130 Å². The van der Waals surface area contributed by atoms with Gasteiger partial charge in [0.25, 0.3) is 0 Å². The van der Waals surface area contributed by atoms with Gasteiger partial charge in [0.15, 0.2) is 0 Å². The molecule has 2 rings (SSSR count). The molecule has 1 heterocycles. The van der Waals surface area contributed by atoms with Crippen LogP contribution in [0.3, 0.4) is 0 Å². The molecule has 0 radical (unpaired) electrons. The number of halogens is 1. The molecule has 1 saturated carbocycles. The standard InChI is InChI=1S/C16H30N2O.ClH/c19-16(12-14-6-3-1-2-4-7-14)18-11-9-15-8-5-10-17-13-15;/h14-15,17H,1-13H2,(H,18,19);1H. The number of rotatable bonds is 5. The molecular formula is C16H31ClN2O. The lowest BCUT2D eigenvalue weighted by Gasteiger charge is -2.22. The van der Waals surface area contributed by atoms with Crippen LogP contribution >= 0.6 is 12.4 Å². The molecule has 0 aromatic carbocycles. The first-order valence-corrected chi connectivity index (χ1v) is 8.32. The molecule has 4 heteroatoms. The Morgan fingerprint density at radius 3 is 2.35 bits per heavy atom. The van der Waals surface area contributed by atoms with E-state index in [1.54, 1.807) is 0 Å². The Balaban J connectivity index is 0.00000200. The van der Waals surface area contributed by atoms with Gasteiger partial charge in [-0.1, -0.05) is 25.7 Å². The Morgan fingerprint density at radius 2 is 1.70 bits per heavy atom. The van der Waals surface area contributed by atoms with Crippen LogP contribution in [0.2, 0.25) is 0 Å². The lowest BCUT2D eigenvalue weighted by Crippen LogP contribution is -2.33. The topological polar surface area (TPSA) is 41.1 Å². The first kappa shape index (κ1) is 17.8. The summed E-state index contributed by atoms with van der Waals surface area (Å²) in [5.74, 6) is 1.71. The lowest BCUT2D eigenvalue weighted by molar-refractivity contribution is -0.122. The van der Waals surface area contributed by atoms with Gasteiger partial charge in [0, 0.05) is 13.0 Å². The van der Waals surface area contributed by atoms with E-state index in [9.17, 15) is 4.79 Å². The molecule has 3 nitrogen and oxygen atoms in total. The molecule has 0 bridgehead atoms. The maximum absolute atomic E-state index is 11.9. The first-order valence-electron chi connectivity index (χ1n) is 8.32. The van der Waals surface area contributed by atoms with Gasteiger partial charge in [-0.05, 0) is 57.0 Å². The highest BCUT2D eigenvalue weighted by Gasteiger charge is 2.17. The van der Waals surface area contributed by atoms with Crippen molar-refractivity contribution in [2.24, 2.45) is 11.8 Å². The number of carbonyl (C=O) groups is 1. The van der Waals surface area contributed by atoms with Crippen LogP contribution in [0.5, 0.6) is 0 Å². The molecule has 0 aromatic heterocycles. The van der Waals surface area contributed by atoms with Crippen molar-refractivity contribution in [1.29, 1.82) is 0 Å². The van der Waals surface area contributed by atoms with Gasteiger partial charge in [-0.2, -0.15) is 0 Å². The molecule has 0 spiro atoms. The lowest BCUT2D eigenvalue weighted by atomic mass is 9.95. The van der Waals surface area contributed by atoms with Crippen LogP contribution in [-0.2, 0) is 4.79 Å². The van der Waals surface area contributed by atoms with Gasteiger partial charge in [-0.15, -0.1) is 12.4 Å². The monoisotopic (exact) mass is 302 g/mol. The zero-order chi connectivity index (χ0) is 13.3. The average Bonchev–Trinajstić information content (AvgIpc) is 2.68. The van der Waals surface area contributed by atoms with Crippen molar-refractivity contribution in [1.82, 2.24) is 10.6 Å².